The Balaban J connectivity index is 1.46. The number of aromatic nitrogens is 3. The highest BCUT2D eigenvalue weighted by Gasteiger charge is 2.31. The third-order valence-electron chi connectivity index (χ3n) is 7.06. The highest BCUT2D eigenvalue weighted by Crippen LogP contribution is 2.40. The smallest absolute Gasteiger partial charge is 0.393 e. The molecule has 0 unspecified atom stereocenters. The fourth-order valence-corrected chi connectivity index (χ4v) is 4.96. The number of carbonyl (C=O) groups excluding carboxylic acids is 1. The second-order valence-corrected chi connectivity index (χ2v) is 10.2. The molecule has 5 aromatic rings. The number of alkyl halides is 3. The Morgan fingerprint density at radius 2 is 1.71 bits per heavy atom. The number of hydrogen-bond donors (Lipinski definition) is 3. The molecule has 0 atom stereocenters. The molecule has 3 N–H and O–H groups in total. The molecule has 0 aliphatic rings. The molecule has 0 bridgehead atoms. The maximum Gasteiger partial charge on any atom is 0.393 e. The van der Waals surface area contributed by atoms with Gasteiger partial charge in [0.25, 0.3) is 0 Å². The summed E-state index contributed by atoms with van der Waals surface area (Å²) in [6.45, 7) is 1.45. The number of benzene rings is 3. The summed E-state index contributed by atoms with van der Waals surface area (Å²) in [6, 6.07) is 25.2. The number of H-pyrrole nitrogens is 1. The molecule has 5 rings (SSSR count). The van der Waals surface area contributed by atoms with Gasteiger partial charge in [0.15, 0.2) is 0 Å². The molecule has 0 radical (unpaired) electrons. The number of allylic oxidation sites excluding steroid dienone is 1. The minimum Gasteiger partial charge on any atom is -0.492 e. The Morgan fingerprint density at radius 1 is 0.933 bits per heavy atom. The lowest BCUT2D eigenvalue weighted by Gasteiger charge is -2.19. The molecule has 2 heterocycles. The molecule has 0 spiro atoms. The fourth-order valence-electron chi connectivity index (χ4n) is 4.96. The third kappa shape index (κ3) is 8.24. The van der Waals surface area contributed by atoms with Gasteiger partial charge in [-0.3, -0.25) is 14.9 Å². The van der Waals surface area contributed by atoms with Crippen molar-refractivity contribution < 1.29 is 22.7 Å². The largest absolute Gasteiger partial charge is 0.492 e. The van der Waals surface area contributed by atoms with Crippen LogP contribution in [0.2, 0.25) is 0 Å². The highest BCUT2D eigenvalue weighted by atomic mass is 19.4. The first-order valence-corrected chi connectivity index (χ1v) is 14.4. The van der Waals surface area contributed by atoms with E-state index in [0.717, 1.165) is 16.5 Å². The van der Waals surface area contributed by atoms with Gasteiger partial charge in [-0.1, -0.05) is 60.7 Å². The van der Waals surface area contributed by atoms with Crippen LogP contribution in [-0.2, 0) is 4.79 Å². The number of fused-ring (bicyclic) bond motifs is 1. The number of carbonyl (C=O) groups is 1. The molecule has 0 saturated carbocycles. The van der Waals surface area contributed by atoms with Gasteiger partial charge in [0.05, 0.1) is 23.8 Å². The molecule has 0 aliphatic carbocycles. The van der Waals surface area contributed by atoms with Crippen LogP contribution in [0.5, 0.6) is 5.75 Å². The molecule has 230 valence electrons. The van der Waals surface area contributed by atoms with Crippen molar-refractivity contribution in [3.8, 4) is 17.0 Å². The molecule has 10 heteroatoms. The van der Waals surface area contributed by atoms with E-state index < -0.39 is 12.6 Å². The zero-order valence-electron chi connectivity index (χ0n) is 24.6. The number of hydrogen-bond acceptors (Lipinski definition) is 5. The number of rotatable bonds is 12. The molecular weight excluding hydrogens is 579 g/mol. The van der Waals surface area contributed by atoms with E-state index in [4.69, 9.17) is 9.72 Å². The van der Waals surface area contributed by atoms with Crippen molar-refractivity contribution in [1.82, 2.24) is 25.8 Å². The highest BCUT2D eigenvalue weighted by molar-refractivity contribution is 6.00. The Bertz CT molecular complexity index is 1800. The van der Waals surface area contributed by atoms with Crippen LogP contribution in [-0.4, -0.2) is 54.0 Å². The van der Waals surface area contributed by atoms with Crippen molar-refractivity contribution in [1.29, 1.82) is 0 Å². The Kier molecular flexibility index (Phi) is 10.1. The predicted octanol–water partition coefficient (Wildman–Crippen LogP) is 6.81. The van der Waals surface area contributed by atoms with Crippen molar-refractivity contribution >= 4 is 28.0 Å². The van der Waals surface area contributed by atoms with Crippen LogP contribution in [0.25, 0.3) is 33.3 Å². The molecule has 2 aromatic heterocycles. The lowest BCUT2D eigenvalue weighted by atomic mass is 9.88. The van der Waals surface area contributed by atoms with Crippen molar-refractivity contribution in [2.75, 3.05) is 26.7 Å². The average molecular weight is 612 g/mol. The lowest BCUT2D eigenvalue weighted by molar-refractivity contribution is -0.123. The minimum atomic E-state index is -4.44. The van der Waals surface area contributed by atoms with Crippen molar-refractivity contribution in [2.24, 2.45) is 0 Å². The van der Waals surface area contributed by atoms with Crippen LogP contribution in [0, 0.1) is 0 Å². The standard InChI is InChI=1S/C35H32F3N5O2/c1-39-33(44)12-7-17-40-18-19-45-32-11-6-5-10-28(32)31-16-14-26(22-41-31)34(25-13-15-30-27(20-25)23-42-43-30)29(21-35(36,37)38)24-8-3-2-4-9-24/h2-16,20,22-23,40H,17-19,21H2,1H3,(H,39,44)(H,42,43)/b12-7+,34-29-. The fraction of sp³-hybridized carbons (Fsp3) is 0.171. The van der Waals surface area contributed by atoms with Crippen LogP contribution in [0.3, 0.4) is 0 Å². The van der Waals surface area contributed by atoms with E-state index in [1.807, 2.05) is 36.4 Å². The third-order valence-corrected chi connectivity index (χ3v) is 7.06. The summed E-state index contributed by atoms with van der Waals surface area (Å²) < 4.78 is 48.2. The van der Waals surface area contributed by atoms with Gasteiger partial charge >= 0.3 is 6.18 Å². The first kappa shape index (κ1) is 31.2. The molecule has 7 nitrogen and oxygen atoms in total. The molecule has 1 amide bonds. The summed E-state index contributed by atoms with van der Waals surface area (Å²) in [4.78, 5) is 16.0. The van der Waals surface area contributed by atoms with Crippen LogP contribution in [0.1, 0.15) is 23.1 Å². The normalized spacial score (nSPS) is 12.4. The first-order valence-electron chi connectivity index (χ1n) is 14.4. The summed E-state index contributed by atoms with van der Waals surface area (Å²) in [7, 11) is 1.57. The van der Waals surface area contributed by atoms with Gasteiger partial charge in [-0.15, -0.1) is 0 Å². The number of amides is 1. The van der Waals surface area contributed by atoms with Crippen LogP contribution < -0.4 is 15.4 Å². The van der Waals surface area contributed by atoms with Crippen molar-refractivity contribution in [3.63, 3.8) is 0 Å². The number of halogens is 3. The Labute approximate surface area is 258 Å². The molecule has 3 aromatic carbocycles. The van der Waals surface area contributed by atoms with Crippen LogP contribution in [0.4, 0.5) is 13.2 Å². The number of aromatic amines is 1. The average Bonchev–Trinajstić information content (AvgIpc) is 3.52. The molecule has 0 saturated heterocycles. The first-order chi connectivity index (χ1) is 21.8. The molecule has 0 fully saturated rings. The summed E-state index contributed by atoms with van der Waals surface area (Å²) in [5, 5.41) is 13.5. The number of ether oxygens (including phenoxy) is 1. The monoisotopic (exact) mass is 611 g/mol. The van der Waals surface area contributed by atoms with Crippen molar-refractivity contribution in [2.45, 2.75) is 12.6 Å². The van der Waals surface area contributed by atoms with E-state index in [-0.39, 0.29) is 11.5 Å². The van der Waals surface area contributed by atoms with Gasteiger partial charge in [0, 0.05) is 48.9 Å². The number of likely N-dealkylation sites (N-methyl/N-ethyl adjacent to an activating group) is 1. The maximum absolute atomic E-state index is 14.0. The predicted molar refractivity (Wildman–Crippen MR) is 170 cm³/mol. The number of nitrogens with zero attached hydrogens (tertiary/aromatic N) is 2. The molecule has 0 aliphatic heterocycles. The Morgan fingerprint density at radius 3 is 2.47 bits per heavy atom. The lowest BCUT2D eigenvalue weighted by Crippen LogP contribution is -2.22. The summed E-state index contributed by atoms with van der Waals surface area (Å²) >= 11 is 0. The van der Waals surface area contributed by atoms with E-state index in [9.17, 15) is 18.0 Å². The minimum absolute atomic E-state index is 0.155. The zero-order chi connectivity index (χ0) is 31.6. The van der Waals surface area contributed by atoms with E-state index in [2.05, 4.69) is 20.8 Å². The summed E-state index contributed by atoms with van der Waals surface area (Å²) in [5.74, 6) is 0.461. The van der Waals surface area contributed by atoms with E-state index in [0.29, 0.717) is 53.4 Å². The SMILES string of the molecule is CNC(=O)/C=C/CNCCOc1ccccc1-c1ccc(/C(=C(/CC(F)(F)F)c2ccccc2)c2ccc3[nH]ncc3c2)cn1. The van der Waals surface area contributed by atoms with Gasteiger partial charge < -0.3 is 15.4 Å². The van der Waals surface area contributed by atoms with E-state index in [1.54, 1.807) is 74.0 Å². The van der Waals surface area contributed by atoms with E-state index in [1.165, 1.54) is 6.08 Å². The van der Waals surface area contributed by atoms with Gasteiger partial charge in [0.1, 0.15) is 12.4 Å². The zero-order valence-corrected chi connectivity index (χ0v) is 24.6. The van der Waals surface area contributed by atoms with Crippen molar-refractivity contribution in [3.05, 3.63) is 126 Å². The molecular formula is C35H32F3N5O2. The second kappa shape index (κ2) is 14.5. The quantitative estimate of drug-likeness (QED) is 0.0820. The van der Waals surface area contributed by atoms with Crippen LogP contribution >= 0.6 is 0 Å². The van der Waals surface area contributed by atoms with Gasteiger partial charge in [-0.2, -0.15) is 18.3 Å². The maximum atomic E-state index is 14.0. The number of nitrogens with one attached hydrogen (secondary N) is 3. The van der Waals surface area contributed by atoms with Gasteiger partial charge in [-0.25, -0.2) is 0 Å². The Hall–Kier alpha value is -5.22. The summed E-state index contributed by atoms with van der Waals surface area (Å²) in [6.07, 6.45) is 0.907. The number of pyridine rings is 1. The van der Waals surface area contributed by atoms with E-state index >= 15 is 0 Å². The van der Waals surface area contributed by atoms with Gasteiger partial charge in [-0.05, 0) is 52.6 Å². The van der Waals surface area contributed by atoms with Crippen LogP contribution in [0.15, 0.2) is 109 Å². The second-order valence-electron chi connectivity index (χ2n) is 10.2. The number of para-hydroxylation sites is 1. The molecule has 45 heavy (non-hydrogen) atoms. The van der Waals surface area contributed by atoms with Gasteiger partial charge in [0.2, 0.25) is 5.91 Å². The summed E-state index contributed by atoms with van der Waals surface area (Å²) in [5.41, 5.74) is 4.43. The topological polar surface area (TPSA) is 91.9 Å².